The standard InChI is InChI=1S/C22H31N3O5S/c1-14(2)19-8-6-7-9-20(19)29-17(5)22(26)25-12-10-18(11-13-25)24-31(27,28)21-15(3)23-30-16(21)4/h6-9,14,17-18,24H,10-13H2,1-5H3. The summed E-state index contributed by atoms with van der Waals surface area (Å²) in [5.74, 6) is 1.19. The number of para-hydroxylation sites is 1. The highest BCUT2D eigenvalue weighted by Gasteiger charge is 2.31. The number of aromatic nitrogens is 1. The van der Waals surface area contributed by atoms with Gasteiger partial charge in [0.1, 0.15) is 16.3 Å². The average Bonchev–Trinajstić information content (AvgIpc) is 3.07. The highest BCUT2D eigenvalue weighted by molar-refractivity contribution is 7.89. The van der Waals surface area contributed by atoms with Crippen LogP contribution in [-0.4, -0.2) is 49.6 Å². The van der Waals surface area contributed by atoms with Crippen molar-refractivity contribution in [1.82, 2.24) is 14.8 Å². The van der Waals surface area contributed by atoms with Crippen molar-refractivity contribution < 1.29 is 22.5 Å². The van der Waals surface area contributed by atoms with Gasteiger partial charge in [-0.1, -0.05) is 37.2 Å². The van der Waals surface area contributed by atoms with Gasteiger partial charge in [0.25, 0.3) is 5.91 Å². The van der Waals surface area contributed by atoms with E-state index in [0.29, 0.717) is 37.5 Å². The number of benzene rings is 1. The minimum Gasteiger partial charge on any atom is -0.481 e. The zero-order valence-corrected chi connectivity index (χ0v) is 19.5. The Hall–Kier alpha value is -2.39. The van der Waals surface area contributed by atoms with Crippen LogP contribution in [0.15, 0.2) is 33.7 Å². The lowest BCUT2D eigenvalue weighted by molar-refractivity contribution is -0.139. The molecule has 1 saturated heterocycles. The maximum Gasteiger partial charge on any atom is 0.263 e. The third-order valence-corrected chi connectivity index (χ3v) is 7.32. The SMILES string of the molecule is Cc1noc(C)c1S(=O)(=O)NC1CCN(C(=O)C(C)Oc2ccccc2C(C)C)CC1. The van der Waals surface area contributed by atoms with Gasteiger partial charge in [-0.25, -0.2) is 13.1 Å². The van der Waals surface area contributed by atoms with E-state index < -0.39 is 16.1 Å². The summed E-state index contributed by atoms with van der Waals surface area (Å²) in [6, 6.07) is 7.50. The van der Waals surface area contributed by atoms with Crippen molar-refractivity contribution in [3.05, 3.63) is 41.3 Å². The molecule has 170 valence electrons. The molecule has 0 aliphatic carbocycles. The molecule has 0 spiro atoms. The molecule has 1 unspecified atom stereocenters. The molecule has 2 heterocycles. The molecule has 1 atom stereocenters. The lowest BCUT2D eigenvalue weighted by atomic mass is 10.0. The number of carbonyl (C=O) groups is 1. The number of nitrogens with one attached hydrogen (secondary N) is 1. The van der Waals surface area contributed by atoms with Gasteiger partial charge in [0, 0.05) is 19.1 Å². The van der Waals surface area contributed by atoms with Gasteiger partial charge in [0.2, 0.25) is 10.0 Å². The predicted molar refractivity (Wildman–Crippen MR) is 117 cm³/mol. The molecule has 1 aliphatic heterocycles. The van der Waals surface area contributed by atoms with Crippen LogP contribution in [0, 0.1) is 13.8 Å². The van der Waals surface area contributed by atoms with Gasteiger partial charge in [-0.2, -0.15) is 0 Å². The van der Waals surface area contributed by atoms with E-state index in [2.05, 4.69) is 23.7 Å². The van der Waals surface area contributed by atoms with Gasteiger partial charge in [-0.3, -0.25) is 4.79 Å². The number of hydrogen-bond acceptors (Lipinski definition) is 6. The summed E-state index contributed by atoms with van der Waals surface area (Å²) in [5, 5.41) is 3.72. The summed E-state index contributed by atoms with van der Waals surface area (Å²) in [7, 11) is -3.72. The van der Waals surface area contributed by atoms with Crippen LogP contribution >= 0.6 is 0 Å². The zero-order valence-electron chi connectivity index (χ0n) is 18.7. The Bertz CT molecular complexity index is 1000. The number of carbonyl (C=O) groups excluding carboxylic acids is 1. The number of sulfonamides is 1. The summed E-state index contributed by atoms with van der Waals surface area (Å²) in [4.78, 5) is 14.7. The monoisotopic (exact) mass is 449 g/mol. The Balaban J connectivity index is 1.57. The van der Waals surface area contributed by atoms with Crippen LogP contribution in [0.3, 0.4) is 0 Å². The number of rotatable bonds is 7. The summed E-state index contributed by atoms with van der Waals surface area (Å²) >= 11 is 0. The molecule has 0 radical (unpaired) electrons. The van der Waals surface area contributed by atoms with Gasteiger partial charge in [0.05, 0.1) is 0 Å². The fourth-order valence-corrected chi connectivity index (χ4v) is 5.55. The molecule has 9 heteroatoms. The normalized spacial score (nSPS) is 16.5. The number of hydrogen-bond donors (Lipinski definition) is 1. The summed E-state index contributed by atoms with van der Waals surface area (Å²) < 4.78 is 39.1. The number of amides is 1. The Labute approximate surface area is 184 Å². The largest absolute Gasteiger partial charge is 0.481 e. The number of likely N-dealkylation sites (tertiary alicyclic amines) is 1. The molecule has 1 N–H and O–H groups in total. The number of ether oxygens (including phenoxy) is 1. The lowest BCUT2D eigenvalue weighted by Gasteiger charge is -2.33. The third-order valence-electron chi connectivity index (χ3n) is 5.56. The Morgan fingerprint density at radius 3 is 2.42 bits per heavy atom. The second-order valence-electron chi connectivity index (χ2n) is 8.33. The van der Waals surface area contributed by atoms with Crippen LogP contribution in [0.1, 0.15) is 56.5 Å². The van der Waals surface area contributed by atoms with Crippen molar-refractivity contribution in [2.24, 2.45) is 0 Å². The van der Waals surface area contributed by atoms with Crippen molar-refractivity contribution in [3.8, 4) is 5.75 Å². The molecular formula is C22H31N3O5S. The molecule has 3 rings (SSSR count). The first-order valence-electron chi connectivity index (χ1n) is 10.6. The third kappa shape index (κ3) is 5.27. The fraction of sp³-hybridized carbons (Fsp3) is 0.545. The first kappa shape index (κ1) is 23.3. The topological polar surface area (TPSA) is 102 Å². The van der Waals surface area contributed by atoms with E-state index in [-0.39, 0.29) is 22.6 Å². The van der Waals surface area contributed by atoms with E-state index in [4.69, 9.17) is 9.26 Å². The van der Waals surface area contributed by atoms with Crippen LogP contribution in [0.25, 0.3) is 0 Å². The molecule has 0 bridgehead atoms. The maximum atomic E-state index is 12.9. The Morgan fingerprint density at radius 2 is 1.84 bits per heavy atom. The van der Waals surface area contributed by atoms with E-state index in [9.17, 15) is 13.2 Å². The molecule has 1 aromatic carbocycles. The first-order chi connectivity index (χ1) is 14.6. The molecule has 1 fully saturated rings. The van der Waals surface area contributed by atoms with E-state index in [0.717, 1.165) is 11.3 Å². The minimum atomic E-state index is -3.72. The fourth-order valence-electron chi connectivity index (χ4n) is 3.92. The van der Waals surface area contributed by atoms with E-state index in [1.807, 2.05) is 24.3 Å². The molecule has 8 nitrogen and oxygen atoms in total. The quantitative estimate of drug-likeness (QED) is 0.697. The van der Waals surface area contributed by atoms with Gasteiger partial charge in [0.15, 0.2) is 11.9 Å². The molecule has 0 saturated carbocycles. The van der Waals surface area contributed by atoms with Crippen LogP contribution in [-0.2, 0) is 14.8 Å². The minimum absolute atomic E-state index is 0.0920. The van der Waals surface area contributed by atoms with E-state index in [1.54, 1.807) is 25.7 Å². The van der Waals surface area contributed by atoms with Gasteiger partial charge in [-0.15, -0.1) is 0 Å². The number of nitrogens with zero attached hydrogens (tertiary/aromatic N) is 2. The highest BCUT2D eigenvalue weighted by Crippen LogP contribution is 2.27. The first-order valence-corrected chi connectivity index (χ1v) is 12.1. The van der Waals surface area contributed by atoms with Crippen LogP contribution in [0.4, 0.5) is 0 Å². The van der Waals surface area contributed by atoms with Crippen molar-refractivity contribution in [2.45, 2.75) is 70.4 Å². The van der Waals surface area contributed by atoms with Gasteiger partial charge in [-0.05, 0) is 51.2 Å². The Kier molecular flexibility index (Phi) is 7.06. The molecule has 2 aromatic rings. The van der Waals surface area contributed by atoms with E-state index in [1.165, 1.54) is 0 Å². The molecule has 1 aromatic heterocycles. The molecule has 1 aliphatic rings. The molecule has 1 amide bonds. The molecular weight excluding hydrogens is 418 g/mol. The zero-order chi connectivity index (χ0) is 22.8. The van der Waals surface area contributed by atoms with Crippen molar-refractivity contribution in [1.29, 1.82) is 0 Å². The lowest BCUT2D eigenvalue weighted by Crippen LogP contribution is -2.49. The highest BCUT2D eigenvalue weighted by atomic mass is 32.2. The van der Waals surface area contributed by atoms with Crippen molar-refractivity contribution in [3.63, 3.8) is 0 Å². The summed E-state index contributed by atoms with van der Waals surface area (Å²) in [6.07, 6.45) is 0.447. The second-order valence-corrected chi connectivity index (χ2v) is 9.98. The predicted octanol–water partition coefficient (Wildman–Crippen LogP) is 3.15. The second kappa shape index (κ2) is 9.40. The van der Waals surface area contributed by atoms with Crippen LogP contribution in [0.2, 0.25) is 0 Å². The average molecular weight is 450 g/mol. The molecule has 31 heavy (non-hydrogen) atoms. The van der Waals surface area contributed by atoms with Crippen LogP contribution in [0.5, 0.6) is 5.75 Å². The van der Waals surface area contributed by atoms with Gasteiger partial charge >= 0.3 is 0 Å². The van der Waals surface area contributed by atoms with Crippen molar-refractivity contribution in [2.75, 3.05) is 13.1 Å². The summed E-state index contributed by atoms with van der Waals surface area (Å²) in [6.45, 7) is 10.0. The summed E-state index contributed by atoms with van der Waals surface area (Å²) in [5.41, 5.74) is 1.40. The maximum absolute atomic E-state index is 12.9. The number of aryl methyl sites for hydroxylation is 2. The smallest absolute Gasteiger partial charge is 0.263 e. The number of piperidine rings is 1. The Morgan fingerprint density at radius 1 is 1.19 bits per heavy atom. The van der Waals surface area contributed by atoms with Crippen LogP contribution < -0.4 is 9.46 Å². The van der Waals surface area contributed by atoms with E-state index >= 15 is 0 Å². The van der Waals surface area contributed by atoms with Gasteiger partial charge < -0.3 is 14.2 Å². The van der Waals surface area contributed by atoms with Crippen molar-refractivity contribution >= 4 is 15.9 Å².